The van der Waals surface area contributed by atoms with Crippen molar-refractivity contribution in [3.63, 3.8) is 0 Å². The van der Waals surface area contributed by atoms with Gasteiger partial charge in [-0.2, -0.15) is 0 Å². The molecule has 1 saturated heterocycles. The van der Waals surface area contributed by atoms with Gasteiger partial charge in [-0.3, -0.25) is 0 Å². The van der Waals surface area contributed by atoms with E-state index in [0.717, 1.165) is 0 Å². The first kappa shape index (κ1) is 23.4. The Bertz CT molecular complexity index is 816. The molecule has 0 amide bonds. The van der Waals surface area contributed by atoms with Crippen LogP contribution in [-0.2, 0) is 35.6 Å². The lowest BCUT2D eigenvalue weighted by Crippen LogP contribution is -2.57. The molecule has 1 aliphatic heterocycles. The average Bonchev–Trinajstić information content (AvgIpc) is 2.57. The summed E-state index contributed by atoms with van der Waals surface area (Å²) in [5.41, 5.74) is -4.23. The van der Waals surface area contributed by atoms with Crippen molar-refractivity contribution in [1.29, 1.82) is 0 Å². The number of ether oxygens (including phenoxy) is 2. The molecule has 1 aliphatic rings. The van der Waals surface area contributed by atoms with E-state index in [0.29, 0.717) is 0 Å². The summed E-state index contributed by atoms with van der Waals surface area (Å²) in [4.78, 5) is 24.4. The van der Waals surface area contributed by atoms with Crippen molar-refractivity contribution in [2.24, 2.45) is 0 Å². The second-order valence-corrected chi connectivity index (χ2v) is 10.7. The van der Waals surface area contributed by atoms with E-state index in [-0.39, 0.29) is 12.0 Å². The summed E-state index contributed by atoms with van der Waals surface area (Å²) in [5, 5.41) is 0. The molecule has 9 heteroatoms. The van der Waals surface area contributed by atoms with Crippen LogP contribution in [-0.4, -0.2) is 32.4 Å². The van der Waals surface area contributed by atoms with E-state index >= 15 is 4.39 Å². The topological polar surface area (TPSA) is 81.7 Å². The lowest BCUT2D eigenvalue weighted by molar-refractivity contribution is -0.253. The van der Waals surface area contributed by atoms with Gasteiger partial charge in [-0.15, -0.1) is 0 Å². The lowest BCUT2D eigenvalue weighted by atomic mass is 9.84. The Balaban J connectivity index is 2.36. The zero-order valence-corrected chi connectivity index (χ0v) is 18.2. The Morgan fingerprint density at radius 1 is 1.07 bits per heavy atom. The number of rotatable bonds is 6. The molecule has 0 aromatic heterocycles. The van der Waals surface area contributed by atoms with Gasteiger partial charge >= 0.3 is 17.6 Å². The summed E-state index contributed by atoms with van der Waals surface area (Å²) >= 11 is 0. The quantitative estimate of drug-likeness (QED) is 0.551. The van der Waals surface area contributed by atoms with Crippen LogP contribution in [0.1, 0.15) is 59.9 Å². The molecule has 162 valence electrons. The Labute approximate surface area is 171 Å². The maximum absolute atomic E-state index is 15.3. The molecule has 0 spiro atoms. The van der Waals surface area contributed by atoms with Crippen LogP contribution in [0.2, 0.25) is 0 Å². The average molecular weight is 432 g/mol. The van der Waals surface area contributed by atoms with E-state index in [9.17, 15) is 18.2 Å². The number of halogens is 2. The van der Waals surface area contributed by atoms with Crippen LogP contribution in [0.15, 0.2) is 24.3 Å². The smallest absolute Gasteiger partial charge is 0.359 e. The zero-order valence-electron chi connectivity index (χ0n) is 17.4. The maximum atomic E-state index is 15.3. The highest BCUT2D eigenvalue weighted by molar-refractivity contribution is 7.84. The van der Waals surface area contributed by atoms with Gasteiger partial charge in [0.15, 0.2) is 0 Å². The van der Waals surface area contributed by atoms with Crippen LogP contribution >= 0.6 is 0 Å². The summed E-state index contributed by atoms with van der Waals surface area (Å²) < 4.78 is 54.4. The molecule has 0 bridgehead atoms. The Kier molecular flexibility index (Phi) is 6.26. The number of nitrogens with one attached hydrogen (secondary N) is 1. The molecule has 1 heterocycles. The lowest BCUT2D eigenvalue weighted by Gasteiger charge is -2.38. The number of hydrogen-bond donors (Lipinski definition) is 1. The Hall–Kier alpha value is -1.87. The molecule has 1 fully saturated rings. The highest BCUT2D eigenvalue weighted by atomic mass is 32.2. The number of hydrogen-bond acceptors (Lipinski definition) is 5. The number of esters is 2. The van der Waals surface area contributed by atoms with Crippen molar-refractivity contribution in [2.75, 3.05) is 0 Å². The van der Waals surface area contributed by atoms with E-state index in [1.165, 1.54) is 32.0 Å². The minimum atomic E-state index is -3.03. The van der Waals surface area contributed by atoms with Gasteiger partial charge in [0.2, 0.25) is 0 Å². The van der Waals surface area contributed by atoms with Crippen molar-refractivity contribution in [1.82, 2.24) is 4.72 Å². The second kappa shape index (κ2) is 7.75. The van der Waals surface area contributed by atoms with E-state index in [2.05, 4.69) is 4.72 Å². The molecular formula is C20H27F2NO5S. The van der Waals surface area contributed by atoms with Gasteiger partial charge < -0.3 is 9.47 Å². The van der Waals surface area contributed by atoms with Crippen LogP contribution in [0, 0.1) is 5.82 Å². The van der Waals surface area contributed by atoms with Crippen molar-refractivity contribution >= 4 is 22.9 Å². The predicted octanol–water partition coefficient (Wildman–Crippen LogP) is 3.42. The Morgan fingerprint density at radius 3 is 2.07 bits per heavy atom. The van der Waals surface area contributed by atoms with Gasteiger partial charge in [-0.25, -0.2) is 27.3 Å². The molecule has 1 aromatic carbocycles. The van der Waals surface area contributed by atoms with Gasteiger partial charge in [0.1, 0.15) is 5.82 Å². The van der Waals surface area contributed by atoms with Crippen molar-refractivity contribution in [3.05, 3.63) is 35.6 Å². The minimum Gasteiger partial charge on any atom is -0.420 e. The normalized spacial score (nSPS) is 21.7. The first-order chi connectivity index (χ1) is 13.1. The molecule has 2 atom stereocenters. The number of benzene rings is 1. The second-order valence-electron chi connectivity index (χ2n) is 8.78. The third-order valence-corrected chi connectivity index (χ3v) is 6.38. The molecule has 0 saturated carbocycles. The fourth-order valence-electron chi connectivity index (χ4n) is 2.85. The largest absolute Gasteiger partial charge is 0.420 e. The van der Waals surface area contributed by atoms with Crippen molar-refractivity contribution in [2.45, 2.75) is 76.1 Å². The van der Waals surface area contributed by atoms with Crippen LogP contribution in [0.3, 0.4) is 0 Å². The molecule has 0 aliphatic carbocycles. The molecule has 29 heavy (non-hydrogen) atoms. The molecule has 2 rings (SSSR count). The number of carbonyl (C=O) groups is 2. The van der Waals surface area contributed by atoms with Crippen LogP contribution in [0.5, 0.6) is 0 Å². The predicted molar refractivity (Wildman–Crippen MR) is 104 cm³/mol. The Morgan fingerprint density at radius 2 is 1.59 bits per heavy atom. The van der Waals surface area contributed by atoms with Gasteiger partial charge in [-0.05, 0) is 40.2 Å². The molecule has 0 radical (unpaired) electrons. The minimum absolute atomic E-state index is 0.138. The van der Waals surface area contributed by atoms with Crippen molar-refractivity contribution < 1.29 is 32.1 Å². The fourth-order valence-corrected chi connectivity index (χ4v) is 3.77. The molecule has 6 nitrogen and oxygen atoms in total. The number of cyclic esters (lactones) is 2. The molecule has 1 aromatic rings. The summed E-state index contributed by atoms with van der Waals surface area (Å²) in [6, 6.07) is 5.80. The molecular weight excluding hydrogens is 404 g/mol. The molecule has 1 N–H and O–H groups in total. The van der Waals surface area contributed by atoms with E-state index < -0.39 is 56.9 Å². The van der Waals surface area contributed by atoms with Gasteiger partial charge in [0, 0.05) is 25.8 Å². The molecule has 0 unspecified atom stereocenters. The van der Waals surface area contributed by atoms with Crippen molar-refractivity contribution in [3.8, 4) is 0 Å². The fraction of sp³-hybridized carbons (Fsp3) is 0.600. The third-order valence-electron chi connectivity index (χ3n) is 4.64. The van der Waals surface area contributed by atoms with Crippen LogP contribution < -0.4 is 4.72 Å². The summed E-state index contributed by atoms with van der Waals surface area (Å²) in [6.45, 7) is 9.37. The monoisotopic (exact) mass is 431 g/mol. The van der Waals surface area contributed by atoms with E-state index in [1.807, 2.05) is 0 Å². The van der Waals surface area contributed by atoms with Crippen LogP contribution in [0.4, 0.5) is 8.78 Å². The summed E-state index contributed by atoms with van der Waals surface area (Å²) in [5.74, 6) is -4.86. The third kappa shape index (κ3) is 5.01. The maximum Gasteiger partial charge on any atom is 0.359 e. The highest BCUT2D eigenvalue weighted by Gasteiger charge is 2.58. The van der Waals surface area contributed by atoms with Crippen LogP contribution in [0.25, 0.3) is 0 Å². The first-order valence-corrected chi connectivity index (χ1v) is 10.4. The highest BCUT2D eigenvalue weighted by Crippen LogP contribution is 2.37. The van der Waals surface area contributed by atoms with Gasteiger partial charge in [-0.1, -0.05) is 18.2 Å². The van der Waals surface area contributed by atoms with E-state index in [4.69, 9.17) is 9.47 Å². The summed E-state index contributed by atoms with van der Waals surface area (Å²) in [6.07, 6.45) is -0.864. The van der Waals surface area contributed by atoms with Gasteiger partial charge in [0.05, 0.1) is 21.3 Å². The van der Waals surface area contributed by atoms with Gasteiger partial charge in [0.25, 0.3) is 5.79 Å². The summed E-state index contributed by atoms with van der Waals surface area (Å²) in [7, 11) is -1.64. The number of carbonyl (C=O) groups excluding carboxylic acids is 2. The van der Waals surface area contributed by atoms with E-state index in [1.54, 1.807) is 33.8 Å². The standard InChI is InChI=1S/C20H27F2NO5S/c1-17(2,3)29(26)23-19(6,13-9-7-8-10-14(13)21)11-12-20(22)15(24)27-18(4,5)28-16(20)25/h7-10,23H,11-12H2,1-6H3/t19-,29+/m0/s1. The number of alkyl halides is 1. The first-order valence-electron chi connectivity index (χ1n) is 9.21. The SMILES string of the molecule is CC1(C)OC(=O)C(F)(CC[C@](C)(N[S@](=O)C(C)(C)C)c2ccccc2F)C(=O)O1. The zero-order chi connectivity index (χ0) is 22.3.